The Hall–Kier alpha value is -1.69. The van der Waals surface area contributed by atoms with Gasteiger partial charge < -0.3 is 15.8 Å². The number of hydrogen-bond donors (Lipinski definition) is 2. The van der Waals surface area contributed by atoms with Gasteiger partial charge in [-0.2, -0.15) is 0 Å². The quantitative estimate of drug-likeness (QED) is 0.846. The molecule has 1 aliphatic heterocycles. The van der Waals surface area contributed by atoms with Crippen molar-refractivity contribution in [3.63, 3.8) is 0 Å². The summed E-state index contributed by atoms with van der Waals surface area (Å²) < 4.78 is 5.09. The minimum absolute atomic E-state index is 0.0232. The molecule has 0 radical (unpaired) electrons. The van der Waals surface area contributed by atoms with Gasteiger partial charge >= 0.3 is 0 Å². The third kappa shape index (κ3) is 3.64. The predicted molar refractivity (Wildman–Crippen MR) is 71.9 cm³/mol. The smallest absolute Gasteiger partial charge is 0.252 e. The van der Waals surface area contributed by atoms with Gasteiger partial charge in [-0.05, 0) is 11.8 Å². The van der Waals surface area contributed by atoms with Crippen LogP contribution in [-0.4, -0.2) is 35.1 Å². The molecule has 0 unspecified atom stereocenters. The third-order valence-electron chi connectivity index (χ3n) is 2.80. The van der Waals surface area contributed by atoms with E-state index >= 15 is 0 Å². The first kappa shape index (κ1) is 13.7. The zero-order valence-electron chi connectivity index (χ0n) is 11.6. The number of primary amides is 1. The Kier molecular flexibility index (Phi) is 3.71. The molecule has 1 aliphatic rings. The number of carbonyl (C=O) groups is 1. The van der Waals surface area contributed by atoms with Gasteiger partial charge in [0.2, 0.25) is 5.95 Å². The first-order chi connectivity index (χ1) is 8.85. The monoisotopic (exact) mass is 264 g/mol. The first-order valence-corrected chi connectivity index (χ1v) is 6.35. The molecule has 0 saturated carbocycles. The van der Waals surface area contributed by atoms with E-state index in [0.717, 1.165) is 0 Å². The van der Waals surface area contributed by atoms with Gasteiger partial charge in [-0.25, -0.2) is 9.97 Å². The van der Waals surface area contributed by atoms with Crippen molar-refractivity contribution < 1.29 is 9.53 Å². The number of nitrogens with one attached hydrogen (secondary N) is 1. The summed E-state index contributed by atoms with van der Waals surface area (Å²) in [6.45, 7) is 7.59. The van der Waals surface area contributed by atoms with E-state index in [4.69, 9.17) is 10.5 Å². The molecule has 0 spiro atoms. The molecular formula is C13H20N4O2. The van der Waals surface area contributed by atoms with Crippen LogP contribution >= 0.6 is 0 Å². The maximum atomic E-state index is 11.4. The molecule has 3 N–H and O–H groups in total. The maximum absolute atomic E-state index is 11.4. The van der Waals surface area contributed by atoms with Gasteiger partial charge in [-0.15, -0.1) is 0 Å². The highest BCUT2D eigenvalue weighted by atomic mass is 16.5. The maximum Gasteiger partial charge on any atom is 0.252 e. The van der Waals surface area contributed by atoms with E-state index in [2.05, 4.69) is 36.1 Å². The summed E-state index contributed by atoms with van der Waals surface area (Å²) in [5.74, 6) is 0.0373. The lowest BCUT2D eigenvalue weighted by molar-refractivity contribution is 0.0207. The van der Waals surface area contributed by atoms with Crippen LogP contribution in [0.4, 0.5) is 5.95 Å². The molecule has 1 amide bonds. The molecule has 2 rings (SSSR count). The average Bonchev–Trinajstić information content (AvgIpc) is 2.21. The fourth-order valence-corrected chi connectivity index (χ4v) is 1.83. The fraction of sp³-hybridized carbons (Fsp3) is 0.615. The Morgan fingerprint density at radius 1 is 1.53 bits per heavy atom. The molecule has 1 aromatic heterocycles. The van der Waals surface area contributed by atoms with Crippen LogP contribution in [0.15, 0.2) is 6.20 Å². The van der Waals surface area contributed by atoms with Crippen LogP contribution in [0.25, 0.3) is 0 Å². The third-order valence-corrected chi connectivity index (χ3v) is 2.80. The van der Waals surface area contributed by atoms with Crippen molar-refractivity contribution in [2.45, 2.75) is 33.2 Å². The predicted octanol–water partition coefficient (Wildman–Crippen LogP) is 0.975. The largest absolute Gasteiger partial charge is 0.377 e. The van der Waals surface area contributed by atoms with Crippen molar-refractivity contribution in [1.29, 1.82) is 0 Å². The van der Waals surface area contributed by atoms with Gasteiger partial charge in [0, 0.05) is 6.20 Å². The van der Waals surface area contributed by atoms with Gasteiger partial charge in [0.1, 0.15) is 0 Å². The van der Waals surface area contributed by atoms with E-state index in [1.54, 1.807) is 0 Å². The summed E-state index contributed by atoms with van der Waals surface area (Å²) in [6.07, 6.45) is 2.17. The summed E-state index contributed by atoms with van der Waals surface area (Å²) in [7, 11) is 0. The number of ether oxygens (including phenoxy) is 1. The molecule has 0 atom stereocenters. The minimum atomic E-state index is -0.488. The van der Waals surface area contributed by atoms with E-state index in [1.807, 2.05) is 0 Å². The molecule has 1 saturated heterocycles. The molecule has 1 fully saturated rings. The lowest BCUT2D eigenvalue weighted by Crippen LogP contribution is -2.40. The number of nitrogens with two attached hydrogens (primary N) is 1. The zero-order chi connectivity index (χ0) is 14.0. The van der Waals surface area contributed by atoms with Crippen LogP contribution < -0.4 is 11.1 Å². The van der Waals surface area contributed by atoms with E-state index < -0.39 is 5.91 Å². The molecule has 0 bridgehead atoms. The van der Waals surface area contributed by atoms with Crippen LogP contribution in [0.3, 0.4) is 0 Å². The van der Waals surface area contributed by atoms with E-state index in [-0.39, 0.29) is 11.5 Å². The number of nitrogens with zero attached hydrogens (tertiary/aromatic N) is 2. The number of carbonyl (C=O) groups excluding carboxylic acids is 1. The standard InChI is InChI=1S/C13H20N4O2/c1-13(2,3)4-10-9(11(14)18)5-15-12(17-10)16-8-6-19-7-8/h5,8H,4,6-7H2,1-3H3,(H2,14,18)(H,15,16,17). The van der Waals surface area contributed by atoms with E-state index in [9.17, 15) is 4.79 Å². The molecule has 0 aliphatic carbocycles. The van der Waals surface area contributed by atoms with Crippen molar-refractivity contribution in [2.24, 2.45) is 11.1 Å². The lowest BCUT2D eigenvalue weighted by atomic mass is 9.89. The number of anilines is 1. The van der Waals surface area contributed by atoms with Crippen molar-refractivity contribution in [1.82, 2.24) is 9.97 Å². The summed E-state index contributed by atoms with van der Waals surface area (Å²) in [6, 6.07) is 0.252. The Morgan fingerprint density at radius 2 is 2.21 bits per heavy atom. The lowest BCUT2D eigenvalue weighted by Gasteiger charge is -2.27. The number of amides is 1. The second-order valence-electron chi connectivity index (χ2n) is 6.03. The van der Waals surface area contributed by atoms with Crippen LogP contribution in [0.2, 0.25) is 0 Å². The first-order valence-electron chi connectivity index (χ1n) is 6.35. The van der Waals surface area contributed by atoms with Crippen LogP contribution in [0.1, 0.15) is 36.8 Å². The minimum Gasteiger partial charge on any atom is -0.377 e. The van der Waals surface area contributed by atoms with Crippen LogP contribution in [-0.2, 0) is 11.2 Å². The van der Waals surface area contributed by atoms with Crippen molar-refractivity contribution >= 4 is 11.9 Å². The summed E-state index contributed by atoms with van der Waals surface area (Å²) in [4.78, 5) is 20.0. The number of hydrogen-bond acceptors (Lipinski definition) is 5. The second kappa shape index (κ2) is 5.13. The topological polar surface area (TPSA) is 90.1 Å². The molecule has 6 nitrogen and oxygen atoms in total. The number of rotatable bonds is 4. The highest BCUT2D eigenvalue weighted by molar-refractivity contribution is 5.93. The summed E-state index contributed by atoms with van der Waals surface area (Å²) in [5, 5.41) is 3.17. The number of aromatic nitrogens is 2. The molecular weight excluding hydrogens is 244 g/mol. The van der Waals surface area contributed by atoms with Gasteiger partial charge in [0.25, 0.3) is 5.91 Å². The van der Waals surface area contributed by atoms with E-state index in [1.165, 1.54) is 6.20 Å². The molecule has 104 valence electrons. The summed E-state index contributed by atoms with van der Waals surface area (Å²) in [5.41, 5.74) is 6.47. The molecule has 2 heterocycles. The fourth-order valence-electron chi connectivity index (χ4n) is 1.83. The average molecular weight is 264 g/mol. The molecule has 1 aromatic rings. The van der Waals surface area contributed by atoms with Crippen molar-refractivity contribution in [3.05, 3.63) is 17.5 Å². The Labute approximate surface area is 112 Å². The SMILES string of the molecule is CC(C)(C)Cc1nc(NC2COC2)ncc1C(N)=O. The highest BCUT2D eigenvalue weighted by Crippen LogP contribution is 2.22. The van der Waals surface area contributed by atoms with Crippen molar-refractivity contribution in [3.8, 4) is 0 Å². The second-order valence-corrected chi connectivity index (χ2v) is 6.03. The molecule has 0 aromatic carbocycles. The van der Waals surface area contributed by atoms with E-state index in [0.29, 0.717) is 36.8 Å². The van der Waals surface area contributed by atoms with Crippen molar-refractivity contribution in [2.75, 3.05) is 18.5 Å². The summed E-state index contributed by atoms with van der Waals surface area (Å²) >= 11 is 0. The Morgan fingerprint density at radius 3 is 2.68 bits per heavy atom. The Bertz CT molecular complexity index is 478. The molecule has 19 heavy (non-hydrogen) atoms. The zero-order valence-corrected chi connectivity index (χ0v) is 11.6. The van der Waals surface area contributed by atoms with Gasteiger partial charge in [0.05, 0.1) is 30.5 Å². The van der Waals surface area contributed by atoms with Gasteiger partial charge in [0.15, 0.2) is 0 Å². The molecule has 6 heteroatoms. The normalized spacial score (nSPS) is 15.9. The van der Waals surface area contributed by atoms with Crippen LogP contribution in [0, 0.1) is 5.41 Å². The highest BCUT2D eigenvalue weighted by Gasteiger charge is 2.22. The van der Waals surface area contributed by atoms with Gasteiger partial charge in [-0.3, -0.25) is 4.79 Å². The van der Waals surface area contributed by atoms with Gasteiger partial charge in [-0.1, -0.05) is 20.8 Å². The van der Waals surface area contributed by atoms with Crippen LogP contribution in [0.5, 0.6) is 0 Å². The Balaban J connectivity index is 2.23.